The summed E-state index contributed by atoms with van der Waals surface area (Å²) in [6.07, 6.45) is 0. The first-order valence-corrected chi connectivity index (χ1v) is 11.7. The number of thiazole rings is 1. The van der Waals surface area contributed by atoms with Crippen LogP contribution in [0.1, 0.15) is 19.4 Å². The van der Waals surface area contributed by atoms with Crippen molar-refractivity contribution in [3.63, 3.8) is 0 Å². The molecule has 7 nitrogen and oxygen atoms in total. The minimum Gasteiger partial charge on any atom is -0.469 e. The molecule has 0 aliphatic carbocycles. The zero-order valence-corrected chi connectivity index (χ0v) is 21.5. The van der Waals surface area contributed by atoms with Crippen molar-refractivity contribution in [2.45, 2.75) is 25.4 Å². The number of rotatable bonds is 6. The van der Waals surface area contributed by atoms with Gasteiger partial charge in [0.15, 0.2) is 5.13 Å². The van der Waals surface area contributed by atoms with E-state index in [4.69, 9.17) is 14.5 Å². The van der Waals surface area contributed by atoms with Crippen molar-refractivity contribution in [3.8, 4) is 11.3 Å². The van der Waals surface area contributed by atoms with Gasteiger partial charge in [-0.3, -0.25) is 4.79 Å². The Morgan fingerprint density at radius 2 is 1.66 bits per heavy atom. The third-order valence-corrected chi connectivity index (χ3v) is 6.98. The third-order valence-electron chi connectivity index (χ3n) is 6.20. The van der Waals surface area contributed by atoms with Crippen LogP contribution in [0.3, 0.4) is 0 Å². The van der Waals surface area contributed by atoms with E-state index >= 15 is 0 Å². The van der Waals surface area contributed by atoms with E-state index in [1.54, 1.807) is 0 Å². The van der Waals surface area contributed by atoms with E-state index < -0.39 is 29.4 Å². The molecule has 0 radical (unpaired) electrons. The topological polar surface area (TPSA) is 89.5 Å². The summed E-state index contributed by atoms with van der Waals surface area (Å²) in [6, 6.07) is 18.7. The predicted molar refractivity (Wildman–Crippen MR) is 139 cm³/mol. The average molecular weight is 514 g/mol. The van der Waals surface area contributed by atoms with Crippen molar-refractivity contribution in [3.05, 3.63) is 82.9 Å². The molecule has 184 valence electrons. The highest BCUT2D eigenvalue weighted by Crippen LogP contribution is 2.42. The van der Waals surface area contributed by atoms with Crippen molar-refractivity contribution >= 4 is 40.8 Å². The lowest BCUT2D eigenvalue weighted by Crippen LogP contribution is -2.60. The van der Waals surface area contributed by atoms with Crippen molar-refractivity contribution in [2.75, 3.05) is 19.5 Å². The highest BCUT2D eigenvalue weighted by atomic mass is 35.5. The van der Waals surface area contributed by atoms with Crippen molar-refractivity contribution in [1.82, 2.24) is 10.3 Å². The molecule has 2 heterocycles. The number of nitrogens with one attached hydrogen (secondary N) is 2. The second kappa shape index (κ2) is 10.9. The first-order valence-electron chi connectivity index (χ1n) is 10.9. The molecule has 4 rings (SSSR count). The number of allylic oxidation sites excluding steroid dienone is 1. The third kappa shape index (κ3) is 5.04. The second-order valence-electron chi connectivity index (χ2n) is 8.25. The zero-order chi connectivity index (χ0) is 24.3. The number of carbonyl (C=O) groups is 2. The first-order chi connectivity index (χ1) is 16.4. The summed E-state index contributed by atoms with van der Waals surface area (Å²) >= 11 is 1.41. The lowest BCUT2D eigenvalue weighted by Gasteiger charge is -2.46. The molecule has 2 aromatic carbocycles. The molecule has 1 aliphatic rings. The quantitative estimate of drug-likeness (QED) is 0.459. The van der Waals surface area contributed by atoms with Crippen LogP contribution in [0.25, 0.3) is 11.3 Å². The Hall–Kier alpha value is -3.36. The lowest BCUT2D eigenvalue weighted by molar-refractivity contribution is -0.149. The average Bonchev–Trinajstić information content (AvgIpc) is 3.33. The van der Waals surface area contributed by atoms with Crippen LogP contribution in [0.2, 0.25) is 0 Å². The SMILES string of the molecule is COC(=O)C1=C(C)NC(C)(c2ccccc2)C(C(=O)OC)C1Nc1nc(-c2ccccc2)cs1.Cl. The largest absolute Gasteiger partial charge is 0.469 e. The van der Waals surface area contributed by atoms with E-state index in [1.165, 1.54) is 25.6 Å². The van der Waals surface area contributed by atoms with Gasteiger partial charge in [-0.25, -0.2) is 9.78 Å². The standard InChI is InChI=1S/C26H27N3O4S.ClH/c1-16-20(23(30)32-3)22(28-25-27-19(15-34-25)17-11-7-5-8-12-17)21(24(31)33-4)26(2,29-16)18-13-9-6-10-14-18;/h5-15,21-22,29H,1-4H3,(H,27,28);1H. The Morgan fingerprint density at radius 3 is 2.26 bits per heavy atom. The van der Waals surface area contributed by atoms with Gasteiger partial charge in [-0.2, -0.15) is 0 Å². The van der Waals surface area contributed by atoms with Gasteiger partial charge in [-0.1, -0.05) is 60.7 Å². The normalized spacial score (nSPS) is 21.4. The number of esters is 2. The Morgan fingerprint density at radius 1 is 1.03 bits per heavy atom. The van der Waals surface area contributed by atoms with E-state index in [-0.39, 0.29) is 12.4 Å². The van der Waals surface area contributed by atoms with Crippen LogP contribution < -0.4 is 10.6 Å². The summed E-state index contributed by atoms with van der Waals surface area (Å²) in [4.78, 5) is 30.9. The van der Waals surface area contributed by atoms with Crippen LogP contribution in [0.15, 0.2) is 77.3 Å². The summed E-state index contributed by atoms with van der Waals surface area (Å²) in [5.74, 6) is -1.77. The number of hydrogen-bond donors (Lipinski definition) is 2. The molecule has 0 saturated heterocycles. The number of aromatic nitrogens is 1. The van der Waals surface area contributed by atoms with Crippen LogP contribution in [0.4, 0.5) is 5.13 Å². The van der Waals surface area contributed by atoms with Crippen LogP contribution in [0, 0.1) is 5.92 Å². The number of methoxy groups -OCH3 is 2. The summed E-state index contributed by atoms with van der Waals surface area (Å²) in [5, 5.41) is 9.30. The molecule has 35 heavy (non-hydrogen) atoms. The number of ether oxygens (including phenoxy) is 2. The van der Waals surface area contributed by atoms with E-state index in [2.05, 4.69) is 10.6 Å². The van der Waals surface area contributed by atoms with Gasteiger partial charge < -0.3 is 20.1 Å². The molecule has 0 amide bonds. The van der Waals surface area contributed by atoms with E-state index in [0.29, 0.717) is 16.4 Å². The number of halogens is 1. The lowest BCUT2D eigenvalue weighted by atomic mass is 9.70. The van der Waals surface area contributed by atoms with Crippen LogP contribution in [0.5, 0.6) is 0 Å². The molecule has 3 aromatic rings. The van der Waals surface area contributed by atoms with Crippen LogP contribution in [-0.4, -0.2) is 37.2 Å². The molecule has 3 atom stereocenters. The van der Waals surface area contributed by atoms with Gasteiger partial charge in [0.2, 0.25) is 0 Å². The van der Waals surface area contributed by atoms with Gasteiger partial charge in [-0.05, 0) is 19.4 Å². The van der Waals surface area contributed by atoms with E-state index in [1.807, 2.05) is 79.9 Å². The number of nitrogens with zero attached hydrogens (tertiary/aromatic N) is 1. The predicted octanol–water partition coefficient (Wildman–Crippen LogP) is 4.77. The summed E-state index contributed by atoms with van der Waals surface area (Å²) in [6.45, 7) is 3.75. The van der Waals surface area contributed by atoms with Gasteiger partial charge in [0, 0.05) is 16.6 Å². The smallest absolute Gasteiger partial charge is 0.337 e. The number of benzene rings is 2. The molecule has 3 unspecified atom stereocenters. The van der Waals surface area contributed by atoms with Gasteiger partial charge in [0.1, 0.15) is 5.92 Å². The monoisotopic (exact) mass is 513 g/mol. The minimum atomic E-state index is -0.854. The number of carbonyl (C=O) groups excluding carboxylic acids is 2. The van der Waals surface area contributed by atoms with Crippen molar-refractivity contribution in [2.24, 2.45) is 5.92 Å². The second-order valence-corrected chi connectivity index (χ2v) is 9.11. The molecule has 2 N–H and O–H groups in total. The first kappa shape index (κ1) is 26.2. The summed E-state index contributed by atoms with van der Waals surface area (Å²) < 4.78 is 10.3. The van der Waals surface area contributed by atoms with E-state index in [0.717, 1.165) is 16.8 Å². The molecule has 0 bridgehead atoms. The van der Waals surface area contributed by atoms with Gasteiger partial charge in [-0.15, -0.1) is 23.7 Å². The Labute approximate surface area is 215 Å². The molecule has 9 heteroatoms. The van der Waals surface area contributed by atoms with Crippen molar-refractivity contribution < 1.29 is 19.1 Å². The maximum Gasteiger partial charge on any atom is 0.337 e. The van der Waals surface area contributed by atoms with Crippen LogP contribution in [-0.2, 0) is 24.6 Å². The van der Waals surface area contributed by atoms with Gasteiger partial charge >= 0.3 is 11.9 Å². The molecular formula is C26H28ClN3O4S. The molecule has 1 aliphatic heterocycles. The van der Waals surface area contributed by atoms with Crippen LogP contribution >= 0.6 is 23.7 Å². The number of hydrogen-bond acceptors (Lipinski definition) is 8. The Balaban J connectivity index is 0.00000342. The molecule has 1 aromatic heterocycles. The highest BCUT2D eigenvalue weighted by molar-refractivity contribution is 7.14. The minimum absolute atomic E-state index is 0. The zero-order valence-electron chi connectivity index (χ0n) is 19.9. The maximum atomic E-state index is 13.3. The van der Waals surface area contributed by atoms with E-state index in [9.17, 15) is 9.59 Å². The Kier molecular flexibility index (Phi) is 8.19. The molecule has 0 spiro atoms. The summed E-state index contributed by atoms with van der Waals surface area (Å²) in [5.41, 5.74) is 2.79. The number of anilines is 1. The summed E-state index contributed by atoms with van der Waals surface area (Å²) in [7, 11) is 2.68. The highest BCUT2D eigenvalue weighted by Gasteiger charge is 2.52. The molecule has 0 saturated carbocycles. The fourth-order valence-corrected chi connectivity index (χ4v) is 5.32. The fraction of sp³-hybridized carbons (Fsp3) is 0.269. The van der Waals surface area contributed by atoms with Gasteiger partial charge in [0.05, 0.1) is 37.1 Å². The van der Waals surface area contributed by atoms with Crippen molar-refractivity contribution in [1.29, 1.82) is 0 Å². The molecule has 0 fully saturated rings. The Bertz CT molecular complexity index is 1220. The van der Waals surface area contributed by atoms with Gasteiger partial charge in [0.25, 0.3) is 0 Å². The fourth-order valence-electron chi connectivity index (χ4n) is 4.56. The molecular weight excluding hydrogens is 486 g/mol. The maximum absolute atomic E-state index is 13.3.